The summed E-state index contributed by atoms with van der Waals surface area (Å²) in [7, 11) is -3.60. The topological polar surface area (TPSA) is 89.7 Å². The normalized spacial score (nSPS) is 16.8. The number of carbonyl (C=O) groups is 1. The third kappa shape index (κ3) is 4.35. The van der Waals surface area contributed by atoms with Crippen LogP contribution < -0.4 is 0 Å². The highest BCUT2D eigenvalue weighted by atomic mass is 32.2. The van der Waals surface area contributed by atoms with Gasteiger partial charge in [-0.15, -0.1) is 0 Å². The quantitative estimate of drug-likeness (QED) is 0.812. The van der Waals surface area contributed by atoms with Gasteiger partial charge in [0, 0.05) is 13.1 Å². The lowest BCUT2D eigenvalue weighted by Crippen LogP contribution is -2.42. The molecule has 1 aliphatic heterocycles. The Kier molecular flexibility index (Phi) is 4.96. The van der Waals surface area contributed by atoms with Crippen molar-refractivity contribution in [3.8, 4) is 0 Å². The number of likely N-dealkylation sites (tertiary alicyclic amines) is 1. The second kappa shape index (κ2) is 6.90. The molecule has 0 bridgehead atoms. The van der Waals surface area contributed by atoms with Crippen molar-refractivity contribution in [1.29, 1.82) is 0 Å². The minimum absolute atomic E-state index is 0.0258. The van der Waals surface area contributed by atoms with Crippen molar-refractivity contribution < 1.29 is 22.4 Å². The molecule has 0 atom stereocenters. The van der Waals surface area contributed by atoms with Crippen molar-refractivity contribution >= 4 is 27.0 Å². The van der Waals surface area contributed by atoms with Crippen LogP contribution in [0.15, 0.2) is 33.9 Å². The molecule has 2 aromatic rings. The number of benzene rings is 1. The monoisotopic (exact) mass is 380 g/mol. The van der Waals surface area contributed by atoms with E-state index in [0.29, 0.717) is 37.0 Å². The van der Waals surface area contributed by atoms with Gasteiger partial charge < -0.3 is 14.1 Å². The molecule has 0 saturated carbocycles. The molecular formula is C18H24N2O5S. The Bertz CT molecular complexity index is 857. The molecule has 0 N–H and O–H groups in total. The first-order valence-corrected chi connectivity index (χ1v) is 10.4. The SMILES string of the molecule is CC(C)(C)OC(=O)N1CCC(CS(=O)(=O)c2nc3ccccc3o2)CC1. The van der Waals surface area contributed by atoms with Crippen molar-refractivity contribution in [2.75, 3.05) is 18.8 Å². The van der Waals surface area contributed by atoms with Gasteiger partial charge in [0.05, 0.1) is 5.75 Å². The predicted octanol–water partition coefficient (Wildman–Crippen LogP) is 3.25. The number of amides is 1. The van der Waals surface area contributed by atoms with Gasteiger partial charge in [0.15, 0.2) is 5.58 Å². The van der Waals surface area contributed by atoms with E-state index in [1.54, 1.807) is 29.2 Å². The highest BCUT2D eigenvalue weighted by molar-refractivity contribution is 7.91. The number of rotatable bonds is 3. The molecule has 0 radical (unpaired) electrons. The highest BCUT2D eigenvalue weighted by Gasteiger charge is 2.31. The Balaban J connectivity index is 1.61. The summed E-state index contributed by atoms with van der Waals surface area (Å²) in [5, 5.41) is -0.228. The van der Waals surface area contributed by atoms with Crippen LogP contribution in [0.25, 0.3) is 11.1 Å². The van der Waals surface area contributed by atoms with Gasteiger partial charge in [-0.3, -0.25) is 0 Å². The number of ether oxygens (including phenoxy) is 1. The van der Waals surface area contributed by atoms with Crippen LogP contribution in [0.3, 0.4) is 0 Å². The summed E-state index contributed by atoms with van der Waals surface area (Å²) in [6.45, 7) is 6.45. The number of carbonyl (C=O) groups excluding carboxylic acids is 1. The Labute approximate surface area is 153 Å². The number of piperidine rings is 1. The molecule has 142 valence electrons. The van der Waals surface area contributed by atoms with Gasteiger partial charge in [-0.1, -0.05) is 12.1 Å². The fraction of sp³-hybridized carbons (Fsp3) is 0.556. The Morgan fingerprint density at radius 1 is 1.27 bits per heavy atom. The van der Waals surface area contributed by atoms with E-state index >= 15 is 0 Å². The molecule has 0 spiro atoms. The molecule has 3 rings (SSSR count). The second-order valence-corrected chi connectivity index (χ2v) is 9.55. The number of para-hydroxylation sites is 2. The summed E-state index contributed by atoms with van der Waals surface area (Å²) < 4.78 is 36.0. The number of sulfone groups is 1. The molecule has 1 fully saturated rings. The molecule has 0 unspecified atom stereocenters. The first kappa shape index (κ1) is 18.7. The van der Waals surface area contributed by atoms with Crippen molar-refractivity contribution in [2.24, 2.45) is 5.92 Å². The van der Waals surface area contributed by atoms with Crippen LogP contribution in [0.1, 0.15) is 33.6 Å². The fourth-order valence-corrected chi connectivity index (χ4v) is 4.53. The Morgan fingerprint density at radius 3 is 2.54 bits per heavy atom. The maximum Gasteiger partial charge on any atom is 0.410 e. The molecule has 1 aromatic heterocycles. The van der Waals surface area contributed by atoms with E-state index in [2.05, 4.69) is 4.98 Å². The number of hydrogen-bond acceptors (Lipinski definition) is 6. The zero-order valence-corrected chi connectivity index (χ0v) is 16.1. The van der Waals surface area contributed by atoms with Gasteiger partial charge in [0.25, 0.3) is 0 Å². The van der Waals surface area contributed by atoms with Crippen LogP contribution in [0, 0.1) is 5.92 Å². The van der Waals surface area contributed by atoms with Crippen LogP contribution in [0.4, 0.5) is 4.79 Å². The zero-order valence-electron chi connectivity index (χ0n) is 15.3. The summed E-state index contributed by atoms with van der Waals surface area (Å²) in [5.41, 5.74) is 0.459. The lowest BCUT2D eigenvalue weighted by molar-refractivity contribution is 0.0191. The third-order valence-corrected chi connectivity index (χ3v) is 5.88. The van der Waals surface area contributed by atoms with Gasteiger partial charge in [0.1, 0.15) is 11.1 Å². The molecule has 1 aromatic carbocycles. The van der Waals surface area contributed by atoms with Crippen LogP contribution >= 0.6 is 0 Å². The molecule has 1 saturated heterocycles. The average molecular weight is 380 g/mol. The summed E-state index contributed by atoms with van der Waals surface area (Å²) in [6.07, 6.45) is 0.870. The highest BCUT2D eigenvalue weighted by Crippen LogP contribution is 2.25. The predicted molar refractivity (Wildman–Crippen MR) is 96.6 cm³/mol. The summed E-state index contributed by atoms with van der Waals surface area (Å²) >= 11 is 0. The van der Waals surface area contributed by atoms with E-state index in [-0.39, 0.29) is 23.0 Å². The van der Waals surface area contributed by atoms with Crippen LogP contribution in [0.2, 0.25) is 0 Å². The largest absolute Gasteiger partial charge is 0.444 e. The molecule has 26 heavy (non-hydrogen) atoms. The lowest BCUT2D eigenvalue weighted by Gasteiger charge is -2.33. The lowest BCUT2D eigenvalue weighted by atomic mass is 9.99. The molecule has 7 nitrogen and oxygen atoms in total. The minimum Gasteiger partial charge on any atom is -0.444 e. The first-order valence-electron chi connectivity index (χ1n) is 8.70. The number of nitrogens with zero attached hydrogens (tertiary/aromatic N) is 2. The van der Waals surface area contributed by atoms with Crippen LogP contribution in [-0.4, -0.2) is 48.8 Å². The van der Waals surface area contributed by atoms with E-state index in [1.165, 1.54) is 0 Å². The fourth-order valence-electron chi connectivity index (χ4n) is 2.97. The standard InChI is InChI=1S/C18H24N2O5S/c1-18(2,3)25-17(21)20-10-8-13(9-11-20)12-26(22,23)16-19-14-6-4-5-7-15(14)24-16/h4-7,13H,8-12H2,1-3H3. The van der Waals surface area contributed by atoms with Gasteiger partial charge in [-0.2, -0.15) is 4.98 Å². The van der Waals surface area contributed by atoms with Crippen LogP contribution in [0.5, 0.6) is 0 Å². The second-order valence-electron chi connectivity index (χ2n) is 7.64. The maximum absolute atomic E-state index is 12.6. The first-order chi connectivity index (χ1) is 12.1. The minimum atomic E-state index is -3.60. The van der Waals surface area contributed by atoms with Gasteiger partial charge in [0.2, 0.25) is 9.84 Å². The third-order valence-electron chi connectivity index (χ3n) is 4.26. The average Bonchev–Trinajstić information content (AvgIpc) is 2.98. The van der Waals surface area contributed by atoms with E-state index in [9.17, 15) is 13.2 Å². The molecule has 2 heterocycles. The van der Waals surface area contributed by atoms with Crippen molar-refractivity contribution in [3.05, 3.63) is 24.3 Å². The van der Waals surface area contributed by atoms with Crippen molar-refractivity contribution in [3.63, 3.8) is 0 Å². The van der Waals surface area contributed by atoms with Gasteiger partial charge >= 0.3 is 11.3 Å². The molecular weight excluding hydrogens is 356 g/mol. The number of aromatic nitrogens is 1. The maximum atomic E-state index is 12.6. The summed E-state index contributed by atoms with van der Waals surface area (Å²) in [4.78, 5) is 17.8. The molecule has 0 aliphatic carbocycles. The van der Waals surface area contributed by atoms with E-state index in [0.717, 1.165) is 0 Å². The number of fused-ring (bicyclic) bond motifs is 1. The zero-order chi connectivity index (χ0) is 18.9. The molecule has 1 amide bonds. The number of oxazole rings is 1. The van der Waals surface area contributed by atoms with Crippen LogP contribution in [-0.2, 0) is 14.6 Å². The molecule has 1 aliphatic rings. The summed E-state index contributed by atoms with van der Waals surface area (Å²) in [5.74, 6) is -0.0594. The van der Waals surface area contributed by atoms with Gasteiger partial charge in [-0.25, -0.2) is 13.2 Å². The molecule has 8 heteroatoms. The van der Waals surface area contributed by atoms with E-state index in [4.69, 9.17) is 9.15 Å². The van der Waals surface area contributed by atoms with Crippen molar-refractivity contribution in [2.45, 2.75) is 44.4 Å². The van der Waals surface area contributed by atoms with Crippen molar-refractivity contribution in [1.82, 2.24) is 9.88 Å². The number of hydrogen-bond donors (Lipinski definition) is 0. The van der Waals surface area contributed by atoms with E-state index < -0.39 is 15.4 Å². The van der Waals surface area contributed by atoms with Gasteiger partial charge in [-0.05, 0) is 51.7 Å². The Morgan fingerprint density at radius 2 is 1.92 bits per heavy atom. The summed E-state index contributed by atoms with van der Waals surface area (Å²) in [6, 6.07) is 6.97. The Hall–Kier alpha value is -2.09. The van der Waals surface area contributed by atoms with E-state index in [1.807, 2.05) is 20.8 Å². The smallest absolute Gasteiger partial charge is 0.410 e.